The largest absolute Gasteiger partial charge is 0.366 e. The third kappa shape index (κ3) is 3.24. The van der Waals surface area contributed by atoms with Gasteiger partial charge >= 0.3 is 0 Å². The molecule has 0 radical (unpaired) electrons. The topological polar surface area (TPSA) is 72.9 Å². The van der Waals surface area contributed by atoms with E-state index >= 15 is 0 Å². The van der Waals surface area contributed by atoms with E-state index in [-0.39, 0.29) is 0 Å². The highest BCUT2D eigenvalue weighted by Gasteiger charge is 2.08. The highest BCUT2D eigenvalue weighted by atomic mass is 16.1. The molecule has 106 valence electrons. The maximum absolute atomic E-state index is 11.3. The summed E-state index contributed by atoms with van der Waals surface area (Å²) in [5.74, 6) is -0.391. The van der Waals surface area contributed by atoms with Gasteiger partial charge in [0, 0.05) is 37.5 Å². The smallest absolute Gasteiger partial charge is 0.249 e. The molecule has 3 N–H and O–H groups in total. The van der Waals surface area contributed by atoms with Gasteiger partial charge in [0.2, 0.25) is 5.91 Å². The van der Waals surface area contributed by atoms with Gasteiger partial charge in [-0.05, 0) is 18.1 Å². The lowest BCUT2D eigenvalue weighted by molar-refractivity contribution is 0.0999. The fourth-order valence-electron chi connectivity index (χ4n) is 2.28. The molecule has 0 atom stereocenters. The summed E-state index contributed by atoms with van der Waals surface area (Å²) in [5.41, 5.74) is 9.14. The first-order chi connectivity index (χ1) is 9.61. The number of aromatic nitrogens is 2. The average Bonchev–Trinajstić information content (AvgIpc) is 2.79. The molecular weight excluding hydrogens is 252 g/mol. The fourth-order valence-corrected chi connectivity index (χ4v) is 2.28. The van der Waals surface area contributed by atoms with Crippen molar-refractivity contribution in [3.63, 3.8) is 0 Å². The van der Waals surface area contributed by atoms with E-state index in [4.69, 9.17) is 5.73 Å². The highest BCUT2D eigenvalue weighted by Crippen LogP contribution is 2.10. The number of nitrogens with one attached hydrogen (secondary N) is 1. The van der Waals surface area contributed by atoms with Gasteiger partial charge in [-0.25, -0.2) is 0 Å². The SMILES string of the molecule is CCc1nn(C)cc1CNCc1ccccc1C(N)=O. The summed E-state index contributed by atoms with van der Waals surface area (Å²) < 4.78 is 1.83. The van der Waals surface area contributed by atoms with Crippen LogP contribution in [0.3, 0.4) is 0 Å². The molecule has 0 saturated carbocycles. The van der Waals surface area contributed by atoms with Crippen LogP contribution in [0.15, 0.2) is 30.5 Å². The van der Waals surface area contributed by atoms with Crippen molar-refractivity contribution in [3.8, 4) is 0 Å². The first-order valence-corrected chi connectivity index (χ1v) is 6.71. The lowest BCUT2D eigenvalue weighted by Gasteiger charge is -2.08. The summed E-state index contributed by atoms with van der Waals surface area (Å²) in [5, 5.41) is 7.74. The lowest BCUT2D eigenvalue weighted by atomic mass is 10.1. The van der Waals surface area contributed by atoms with Crippen LogP contribution in [0.2, 0.25) is 0 Å². The second-order valence-corrected chi connectivity index (χ2v) is 4.75. The molecule has 1 aromatic carbocycles. The summed E-state index contributed by atoms with van der Waals surface area (Å²) in [6.07, 6.45) is 2.93. The number of nitrogens with zero attached hydrogens (tertiary/aromatic N) is 2. The van der Waals surface area contributed by atoms with Crippen LogP contribution in [0, 0.1) is 0 Å². The Morgan fingerprint density at radius 2 is 2.00 bits per heavy atom. The van der Waals surface area contributed by atoms with Crippen LogP contribution in [0.1, 0.15) is 34.1 Å². The molecule has 0 unspecified atom stereocenters. The summed E-state index contributed by atoms with van der Waals surface area (Å²) >= 11 is 0. The summed E-state index contributed by atoms with van der Waals surface area (Å²) in [6.45, 7) is 3.43. The number of primary amides is 1. The van der Waals surface area contributed by atoms with Crippen LogP contribution < -0.4 is 11.1 Å². The molecule has 1 amide bonds. The van der Waals surface area contributed by atoms with E-state index in [1.54, 1.807) is 6.07 Å². The van der Waals surface area contributed by atoms with Gasteiger partial charge in [-0.15, -0.1) is 0 Å². The van der Waals surface area contributed by atoms with Crippen molar-refractivity contribution in [2.45, 2.75) is 26.4 Å². The number of amides is 1. The average molecular weight is 272 g/mol. The molecule has 0 aliphatic carbocycles. The third-order valence-electron chi connectivity index (χ3n) is 3.24. The molecule has 0 spiro atoms. The van der Waals surface area contributed by atoms with Gasteiger partial charge in [0.1, 0.15) is 0 Å². The first-order valence-electron chi connectivity index (χ1n) is 6.71. The Labute approximate surface area is 118 Å². The number of benzene rings is 1. The van der Waals surface area contributed by atoms with Crippen molar-refractivity contribution in [1.82, 2.24) is 15.1 Å². The van der Waals surface area contributed by atoms with E-state index in [0.29, 0.717) is 12.1 Å². The number of hydrogen-bond acceptors (Lipinski definition) is 3. The van der Waals surface area contributed by atoms with Crippen LogP contribution in [0.4, 0.5) is 0 Å². The van der Waals surface area contributed by atoms with Gasteiger partial charge in [0.15, 0.2) is 0 Å². The summed E-state index contributed by atoms with van der Waals surface area (Å²) in [6, 6.07) is 7.39. The van der Waals surface area contributed by atoms with Gasteiger partial charge in [0.25, 0.3) is 0 Å². The van der Waals surface area contributed by atoms with Crippen molar-refractivity contribution in [3.05, 3.63) is 52.8 Å². The molecule has 0 aliphatic heterocycles. The number of aryl methyl sites for hydroxylation is 2. The minimum absolute atomic E-state index is 0.391. The monoisotopic (exact) mass is 272 g/mol. The van der Waals surface area contributed by atoms with Crippen molar-refractivity contribution < 1.29 is 4.79 Å². The normalized spacial score (nSPS) is 10.7. The van der Waals surface area contributed by atoms with Gasteiger partial charge in [-0.2, -0.15) is 5.10 Å². The lowest BCUT2D eigenvalue weighted by Crippen LogP contribution is -2.19. The number of nitrogens with two attached hydrogens (primary N) is 1. The van der Waals surface area contributed by atoms with Crippen molar-refractivity contribution >= 4 is 5.91 Å². The molecule has 5 nitrogen and oxygen atoms in total. The zero-order chi connectivity index (χ0) is 14.5. The standard InChI is InChI=1S/C15H20N4O/c1-3-14-12(10-19(2)18-14)9-17-8-11-6-4-5-7-13(11)15(16)20/h4-7,10,17H,3,8-9H2,1-2H3,(H2,16,20). The van der Waals surface area contributed by atoms with E-state index in [0.717, 1.165) is 24.2 Å². The molecule has 1 aromatic heterocycles. The summed E-state index contributed by atoms with van der Waals surface area (Å²) in [4.78, 5) is 11.3. The molecule has 2 aromatic rings. The van der Waals surface area contributed by atoms with Crippen molar-refractivity contribution in [2.75, 3.05) is 0 Å². The Kier molecular flexibility index (Phi) is 4.53. The van der Waals surface area contributed by atoms with Crippen LogP contribution in [0.5, 0.6) is 0 Å². The minimum atomic E-state index is -0.391. The summed E-state index contributed by atoms with van der Waals surface area (Å²) in [7, 11) is 1.92. The molecule has 0 saturated heterocycles. The minimum Gasteiger partial charge on any atom is -0.366 e. The number of carbonyl (C=O) groups excluding carboxylic acids is 1. The molecule has 0 aliphatic rings. The second kappa shape index (κ2) is 6.34. The van der Waals surface area contributed by atoms with Crippen LogP contribution in [0.25, 0.3) is 0 Å². The molecular formula is C15H20N4O. The quantitative estimate of drug-likeness (QED) is 0.834. The maximum atomic E-state index is 11.3. The Balaban J connectivity index is 2.01. The van der Waals surface area contributed by atoms with Crippen molar-refractivity contribution in [1.29, 1.82) is 0 Å². The molecule has 20 heavy (non-hydrogen) atoms. The van der Waals surface area contributed by atoms with Gasteiger partial charge in [-0.1, -0.05) is 25.1 Å². The molecule has 5 heteroatoms. The zero-order valence-electron chi connectivity index (χ0n) is 11.9. The highest BCUT2D eigenvalue weighted by molar-refractivity contribution is 5.94. The van der Waals surface area contributed by atoms with Gasteiger partial charge in [0.05, 0.1) is 5.69 Å². The predicted octanol–water partition coefficient (Wildman–Crippen LogP) is 1.37. The second-order valence-electron chi connectivity index (χ2n) is 4.75. The van der Waals surface area contributed by atoms with Crippen molar-refractivity contribution in [2.24, 2.45) is 12.8 Å². The van der Waals surface area contributed by atoms with E-state index in [1.807, 2.05) is 36.1 Å². The number of hydrogen-bond donors (Lipinski definition) is 2. The molecule has 0 bridgehead atoms. The van der Waals surface area contributed by atoms with E-state index in [9.17, 15) is 4.79 Å². The molecule has 1 heterocycles. The van der Waals surface area contributed by atoms with E-state index in [1.165, 1.54) is 5.56 Å². The Hall–Kier alpha value is -2.14. The number of rotatable bonds is 6. The molecule has 2 rings (SSSR count). The van der Waals surface area contributed by atoms with Gasteiger partial charge in [-0.3, -0.25) is 9.48 Å². The number of carbonyl (C=O) groups is 1. The Morgan fingerprint density at radius 1 is 1.30 bits per heavy atom. The Bertz CT molecular complexity index is 604. The van der Waals surface area contributed by atoms with Crippen LogP contribution >= 0.6 is 0 Å². The Morgan fingerprint density at radius 3 is 2.70 bits per heavy atom. The fraction of sp³-hybridized carbons (Fsp3) is 0.333. The van der Waals surface area contributed by atoms with E-state index in [2.05, 4.69) is 17.3 Å². The van der Waals surface area contributed by atoms with Crippen LogP contribution in [-0.2, 0) is 26.6 Å². The van der Waals surface area contributed by atoms with E-state index < -0.39 is 5.91 Å². The molecule has 0 fully saturated rings. The third-order valence-corrected chi connectivity index (χ3v) is 3.24. The van der Waals surface area contributed by atoms with Crippen LogP contribution in [-0.4, -0.2) is 15.7 Å². The first kappa shape index (κ1) is 14.3. The maximum Gasteiger partial charge on any atom is 0.249 e. The van der Waals surface area contributed by atoms with Gasteiger partial charge < -0.3 is 11.1 Å². The predicted molar refractivity (Wildman–Crippen MR) is 78.1 cm³/mol. The zero-order valence-corrected chi connectivity index (χ0v) is 11.9.